The van der Waals surface area contributed by atoms with Crippen LogP contribution in [0.2, 0.25) is 0 Å². The molecule has 0 spiro atoms. The molecule has 1 atom stereocenters. The summed E-state index contributed by atoms with van der Waals surface area (Å²) >= 11 is 0. The minimum atomic E-state index is -1.53. The zero-order valence-electron chi connectivity index (χ0n) is 13.6. The van der Waals surface area contributed by atoms with Crippen LogP contribution in [0, 0.1) is 0 Å². The zero-order chi connectivity index (χ0) is 20.0. The first-order valence-corrected chi connectivity index (χ1v) is 7.76. The van der Waals surface area contributed by atoms with Gasteiger partial charge in [0.1, 0.15) is 23.0 Å². The first kappa shape index (κ1) is 18.2. The summed E-state index contributed by atoms with van der Waals surface area (Å²) in [6.07, 6.45) is -0.354. The van der Waals surface area contributed by atoms with Crippen molar-refractivity contribution >= 4 is 17.5 Å². The normalized spacial score (nSPS) is 13.8. The van der Waals surface area contributed by atoms with Gasteiger partial charge in [-0.15, -0.1) is 0 Å². The second kappa shape index (κ2) is 6.29. The van der Waals surface area contributed by atoms with Crippen LogP contribution >= 0.6 is 0 Å². The number of ketones is 2. The number of aromatic hydroxyl groups is 4. The van der Waals surface area contributed by atoms with Crippen molar-refractivity contribution in [1.82, 2.24) is 0 Å². The first-order chi connectivity index (χ1) is 12.7. The largest absolute Gasteiger partial charge is 0.508 e. The van der Waals surface area contributed by atoms with Gasteiger partial charge in [0, 0.05) is 23.8 Å². The van der Waals surface area contributed by atoms with Crippen LogP contribution in [0.15, 0.2) is 18.2 Å². The molecule has 0 fully saturated rings. The number of carbonyl (C=O) groups is 3. The molecule has 6 N–H and O–H groups in total. The number of fused-ring (bicyclic) bond motifs is 2. The number of aliphatic carboxylic acids is 1. The number of carbonyl (C=O) groups excluding carboxylic acids is 2. The lowest BCUT2D eigenvalue weighted by atomic mass is 9.80. The molecule has 2 aromatic rings. The third kappa shape index (κ3) is 2.64. The van der Waals surface area contributed by atoms with E-state index in [4.69, 9.17) is 5.11 Å². The highest BCUT2D eigenvalue weighted by Crippen LogP contribution is 2.45. The van der Waals surface area contributed by atoms with E-state index in [1.165, 1.54) is 0 Å². The third-order valence-corrected chi connectivity index (χ3v) is 4.43. The van der Waals surface area contributed by atoms with E-state index in [-0.39, 0.29) is 12.0 Å². The van der Waals surface area contributed by atoms with Crippen molar-refractivity contribution in [2.75, 3.05) is 6.61 Å². The minimum Gasteiger partial charge on any atom is -0.508 e. The van der Waals surface area contributed by atoms with E-state index < -0.39 is 75.3 Å². The van der Waals surface area contributed by atoms with Crippen molar-refractivity contribution in [1.29, 1.82) is 0 Å². The van der Waals surface area contributed by atoms with E-state index in [9.17, 15) is 39.9 Å². The Morgan fingerprint density at radius 1 is 0.889 bits per heavy atom. The predicted molar refractivity (Wildman–Crippen MR) is 88.5 cm³/mol. The molecule has 0 saturated carbocycles. The number of aliphatic hydroxyl groups excluding tert-OH is 1. The SMILES string of the molecule is O=C1c2cc(O)cc(O)c2C(=O)c2c1cc(O)c(C(CCO)C(=O)O)c2O. The summed E-state index contributed by atoms with van der Waals surface area (Å²) in [6.45, 7) is -0.567. The van der Waals surface area contributed by atoms with Crippen LogP contribution in [-0.2, 0) is 4.79 Å². The van der Waals surface area contributed by atoms with Gasteiger partial charge in [0.25, 0.3) is 0 Å². The van der Waals surface area contributed by atoms with Crippen molar-refractivity contribution in [3.63, 3.8) is 0 Å². The van der Waals surface area contributed by atoms with Gasteiger partial charge in [-0.1, -0.05) is 0 Å². The second-order valence-electron chi connectivity index (χ2n) is 6.03. The molecule has 1 aliphatic rings. The average Bonchev–Trinajstić information content (AvgIpc) is 2.57. The molecule has 2 aromatic carbocycles. The Balaban J connectivity index is 2.31. The maximum atomic E-state index is 12.8. The number of rotatable bonds is 4. The van der Waals surface area contributed by atoms with Crippen LogP contribution in [0.3, 0.4) is 0 Å². The third-order valence-electron chi connectivity index (χ3n) is 4.43. The van der Waals surface area contributed by atoms with E-state index in [1.54, 1.807) is 0 Å². The van der Waals surface area contributed by atoms with Gasteiger partial charge in [0.15, 0.2) is 5.78 Å². The summed E-state index contributed by atoms with van der Waals surface area (Å²) in [6, 6.07) is 2.66. The van der Waals surface area contributed by atoms with Crippen LogP contribution in [-0.4, -0.2) is 54.8 Å². The van der Waals surface area contributed by atoms with E-state index in [1.807, 2.05) is 0 Å². The summed E-state index contributed by atoms with van der Waals surface area (Å²) in [4.78, 5) is 36.9. The standard InChI is InChI=1S/C18H14O9/c19-2-1-7(18(26)27)12-11(22)5-9-14(16(12)24)17(25)13-8(15(9)23)3-6(20)4-10(13)21/h3-5,7,19-22,24H,1-2H2,(H,26,27). The monoisotopic (exact) mass is 374 g/mol. The summed E-state index contributed by atoms with van der Waals surface area (Å²) in [7, 11) is 0. The lowest BCUT2D eigenvalue weighted by Crippen LogP contribution is -2.23. The maximum Gasteiger partial charge on any atom is 0.311 e. The Kier molecular flexibility index (Phi) is 4.24. The molecule has 27 heavy (non-hydrogen) atoms. The van der Waals surface area contributed by atoms with Crippen molar-refractivity contribution in [3.8, 4) is 23.0 Å². The Morgan fingerprint density at radius 3 is 2.11 bits per heavy atom. The van der Waals surface area contributed by atoms with Crippen molar-refractivity contribution < 1.29 is 45.0 Å². The lowest BCUT2D eigenvalue weighted by Gasteiger charge is -2.23. The number of benzene rings is 2. The van der Waals surface area contributed by atoms with Gasteiger partial charge in [-0.3, -0.25) is 14.4 Å². The Morgan fingerprint density at radius 2 is 1.52 bits per heavy atom. The Hall–Kier alpha value is -3.59. The summed E-state index contributed by atoms with van der Waals surface area (Å²) < 4.78 is 0. The van der Waals surface area contributed by atoms with Gasteiger partial charge in [0.05, 0.1) is 22.6 Å². The van der Waals surface area contributed by atoms with E-state index in [2.05, 4.69) is 0 Å². The molecule has 0 amide bonds. The highest BCUT2D eigenvalue weighted by molar-refractivity contribution is 6.30. The fourth-order valence-electron chi connectivity index (χ4n) is 3.24. The van der Waals surface area contributed by atoms with E-state index in [0.29, 0.717) is 0 Å². The van der Waals surface area contributed by atoms with Gasteiger partial charge in [-0.05, 0) is 18.6 Å². The summed E-state index contributed by atoms with van der Waals surface area (Å²) in [5, 5.41) is 58.6. The quantitative estimate of drug-likeness (QED) is 0.387. The number of phenolic OH excluding ortho intramolecular Hbond substituents is 4. The van der Waals surface area contributed by atoms with Gasteiger partial charge >= 0.3 is 5.97 Å². The number of hydrogen-bond donors (Lipinski definition) is 6. The Bertz CT molecular complexity index is 1010. The number of carboxylic acids is 1. The first-order valence-electron chi connectivity index (χ1n) is 7.76. The van der Waals surface area contributed by atoms with E-state index in [0.717, 1.165) is 18.2 Å². The molecular weight excluding hydrogens is 360 g/mol. The molecular formula is C18H14O9. The van der Waals surface area contributed by atoms with Crippen LogP contribution in [0.5, 0.6) is 23.0 Å². The van der Waals surface area contributed by atoms with Crippen molar-refractivity contribution in [2.24, 2.45) is 0 Å². The van der Waals surface area contributed by atoms with Crippen molar-refractivity contribution in [3.05, 3.63) is 46.0 Å². The molecule has 1 unspecified atom stereocenters. The van der Waals surface area contributed by atoms with Crippen molar-refractivity contribution in [2.45, 2.75) is 12.3 Å². The van der Waals surface area contributed by atoms with Crippen LogP contribution in [0.1, 0.15) is 49.7 Å². The minimum absolute atomic E-state index is 0.318. The number of phenols is 4. The number of carboxylic acid groups (broad SMARTS) is 1. The maximum absolute atomic E-state index is 12.8. The smallest absolute Gasteiger partial charge is 0.311 e. The molecule has 0 bridgehead atoms. The summed E-state index contributed by atoms with van der Waals surface area (Å²) in [5.41, 5.74) is -2.25. The average molecular weight is 374 g/mol. The molecule has 0 saturated heterocycles. The van der Waals surface area contributed by atoms with Gasteiger partial charge in [-0.2, -0.15) is 0 Å². The lowest BCUT2D eigenvalue weighted by molar-refractivity contribution is -0.139. The molecule has 140 valence electrons. The fraction of sp³-hybridized carbons (Fsp3) is 0.167. The molecule has 9 heteroatoms. The predicted octanol–water partition coefficient (Wildman–Crippen LogP) is 0.835. The fourth-order valence-corrected chi connectivity index (χ4v) is 3.24. The molecule has 0 heterocycles. The molecule has 3 rings (SSSR count). The number of aliphatic hydroxyl groups is 1. The van der Waals surface area contributed by atoms with Gasteiger partial charge < -0.3 is 30.6 Å². The highest BCUT2D eigenvalue weighted by atomic mass is 16.4. The van der Waals surface area contributed by atoms with Crippen LogP contribution in [0.4, 0.5) is 0 Å². The van der Waals surface area contributed by atoms with E-state index >= 15 is 0 Å². The molecule has 0 radical (unpaired) electrons. The molecule has 9 nitrogen and oxygen atoms in total. The molecule has 0 aliphatic heterocycles. The topological polar surface area (TPSA) is 173 Å². The van der Waals surface area contributed by atoms with Crippen LogP contribution < -0.4 is 0 Å². The molecule has 0 aromatic heterocycles. The zero-order valence-corrected chi connectivity index (χ0v) is 13.6. The van der Waals surface area contributed by atoms with Gasteiger partial charge in [0.2, 0.25) is 5.78 Å². The van der Waals surface area contributed by atoms with Crippen LogP contribution in [0.25, 0.3) is 0 Å². The second-order valence-corrected chi connectivity index (χ2v) is 6.03. The van der Waals surface area contributed by atoms with Gasteiger partial charge in [-0.25, -0.2) is 0 Å². The molecule has 1 aliphatic carbocycles. The Labute approximate surface area is 151 Å². The highest BCUT2D eigenvalue weighted by Gasteiger charge is 2.38. The summed E-state index contributed by atoms with van der Waals surface area (Å²) in [5.74, 6) is -7.61. The number of hydrogen-bond acceptors (Lipinski definition) is 8.